The van der Waals surface area contributed by atoms with E-state index in [4.69, 9.17) is 16.3 Å². The first kappa shape index (κ1) is 20.7. The molecule has 0 saturated carbocycles. The molecule has 0 bridgehead atoms. The summed E-state index contributed by atoms with van der Waals surface area (Å²) in [6.07, 6.45) is 0. The highest BCUT2D eigenvalue weighted by Gasteiger charge is 2.21. The highest BCUT2D eigenvalue weighted by atomic mass is 35.5. The normalized spacial score (nSPS) is 11.0. The maximum absolute atomic E-state index is 12.9. The average Bonchev–Trinajstić information content (AvgIpc) is 2.70. The summed E-state index contributed by atoms with van der Waals surface area (Å²) < 4.78 is 33.4. The van der Waals surface area contributed by atoms with E-state index in [0.717, 1.165) is 5.56 Å². The lowest BCUT2D eigenvalue weighted by Gasteiger charge is -2.14. The molecule has 0 atom stereocenters. The Morgan fingerprint density at radius 3 is 2.17 bits per heavy atom. The van der Waals surface area contributed by atoms with Gasteiger partial charge in [0.05, 0.1) is 7.11 Å². The van der Waals surface area contributed by atoms with Crippen LogP contribution in [0.3, 0.4) is 0 Å². The molecule has 8 heteroatoms. The molecule has 0 spiro atoms. The number of amides is 1. The highest BCUT2D eigenvalue weighted by Crippen LogP contribution is 2.29. The monoisotopic (exact) mass is 430 g/mol. The summed E-state index contributed by atoms with van der Waals surface area (Å²) in [7, 11) is -2.59. The Balaban J connectivity index is 1.88. The molecule has 0 heterocycles. The molecule has 6 nitrogen and oxygen atoms in total. The Labute approximate surface area is 174 Å². The molecule has 2 N–H and O–H groups in total. The second-order valence-electron chi connectivity index (χ2n) is 6.30. The van der Waals surface area contributed by atoms with Gasteiger partial charge in [-0.05, 0) is 61.5 Å². The smallest absolute Gasteiger partial charge is 0.265 e. The minimum atomic E-state index is -3.97. The molecule has 0 fully saturated rings. The number of aryl methyl sites for hydroxylation is 1. The van der Waals surface area contributed by atoms with Gasteiger partial charge in [0.2, 0.25) is 0 Å². The SMILES string of the molecule is COc1ccc(NC(=O)c2ccc(C)cc2)cc1S(=O)(=O)Nc1ccc(Cl)cc1. The first-order valence-electron chi connectivity index (χ1n) is 8.63. The summed E-state index contributed by atoms with van der Waals surface area (Å²) in [5, 5.41) is 3.20. The standard InChI is InChI=1S/C21H19ClN2O4S/c1-14-3-5-15(6-4-14)21(25)23-18-11-12-19(28-2)20(13-18)29(26,27)24-17-9-7-16(22)8-10-17/h3-13,24H,1-2H3,(H,23,25). The van der Waals surface area contributed by atoms with Crippen molar-refractivity contribution in [2.45, 2.75) is 11.8 Å². The molecule has 0 aliphatic heterocycles. The number of nitrogens with one attached hydrogen (secondary N) is 2. The molecule has 0 aliphatic rings. The second-order valence-corrected chi connectivity index (χ2v) is 8.39. The van der Waals surface area contributed by atoms with E-state index >= 15 is 0 Å². The molecular formula is C21H19ClN2O4S. The van der Waals surface area contributed by atoms with Gasteiger partial charge in [0, 0.05) is 22.0 Å². The van der Waals surface area contributed by atoms with Crippen molar-refractivity contribution in [3.8, 4) is 5.75 Å². The Morgan fingerprint density at radius 1 is 0.931 bits per heavy atom. The molecule has 3 aromatic carbocycles. The van der Waals surface area contributed by atoms with Gasteiger partial charge in [-0.3, -0.25) is 9.52 Å². The predicted octanol–water partition coefficient (Wildman–Crippen LogP) is 4.71. The van der Waals surface area contributed by atoms with Crippen molar-refractivity contribution in [2.75, 3.05) is 17.1 Å². The van der Waals surface area contributed by atoms with Gasteiger partial charge in [-0.1, -0.05) is 29.3 Å². The van der Waals surface area contributed by atoms with Crippen LogP contribution >= 0.6 is 11.6 Å². The number of ether oxygens (including phenoxy) is 1. The molecular weight excluding hydrogens is 412 g/mol. The number of carbonyl (C=O) groups excluding carboxylic acids is 1. The third-order valence-corrected chi connectivity index (χ3v) is 5.78. The van der Waals surface area contributed by atoms with E-state index in [-0.39, 0.29) is 16.6 Å². The Kier molecular flexibility index (Phi) is 6.10. The minimum absolute atomic E-state index is 0.100. The first-order valence-corrected chi connectivity index (χ1v) is 10.5. The third kappa shape index (κ3) is 5.07. The fourth-order valence-electron chi connectivity index (χ4n) is 2.60. The summed E-state index contributed by atoms with van der Waals surface area (Å²) in [4.78, 5) is 12.3. The molecule has 3 aromatic rings. The van der Waals surface area contributed by atoms with Crippen molar-refractivity contribution in [3.05, 3.63) is 82.9 Å². The van der Waals surface area contributed by atoms with E-state index in [1.807, 2.05) is 19.1 Å². The van der Waals surface area contributed by atoms with Crippen LogP contribution in [0, 0.1) is 6.92 Å². The van der Waals surface area contributed by atoms with Gasteiger partial charge in [0.25, 0.3) is 15.9 Å². The Hall–Kier alpha value is -3.03. The van der Waals surface area contributed by atoms with Crippen LogP contribution in [0.2, 0.25) is 5.02 Å². The molecule has 0 saturated heterocycles. The summed E-state index contributed by atoms with van der Waals surface area (Å²) in [6.45, 7) is 1.93. The Bertz CT molecular complexity index is 1130. The first-order chi connectivity index (χ1) is 13.8. The van der Waals surface area contributed by atoms with E-state index in [0.29, 0.717) is 22.0 Å². The fourth-order valence-corrected chi connectivity index (χ4v) is 3.98. The van der Waals surface area contributed by atoms with Gasteiger partial charge in [-0.25, -0.2) is 8.42 Å². The predicted molar refractivity (Wildman–Crippen MR) is 114 cm³/mol. The zero-order valence-corrected chi connectivity index (χ0v) is 17.3. The summed E-state index contributed by atoms with van der Waals surface area (Å²) in [5.74, 6) is -0.191. The van der Waals surface area contributed by atoms with Crippen molar-refractivity contribution in [1.82, 2.24) is 0 Å². The summed E-state index contributed by atoms with van der Waals surface area (Å²) in [6, 6.07) is 17.7. The number of hydrogen-bond donors (Lipinski definition) is 2. The quantitative estimate of drug-likeness (QED) is 0.593. The van der Waals surface area contributed by atoms with E-state index in [1.165, 1.54) is 19.2 Å². The van der Waals surface area contributed by atoms with Gasteiger partial charge < -0.3 is 10.1 Å². The van der Waals surface area contributed by atoms with Crippen molar-refractivity contribution < 1.29 is 17.9 Å². The number of hydrogen-bond acceptors (Lipinski definition) is 4. The molecule has 1 amide bonds. The Morgan fingerprint density at radius 2 is 1.55 bits per heavy atom. The maximum atomic E-state index is 12.9. The third-order valence-electron chi connectivity index (χ3n) is 4.12. The number of sulfonamides is 1. The van der Waals surface area contributed by atoms with Crippen molar-refractivity contribution in [3.63, 3.8) is 0 Å². The van der Waals surface area contributed by atoms with Crippen LogP contribution in [-0.4, -0.2) is 21.4 Å². The van der Waals surface area contributed by atoms with Crippen LogP contribution in [0.1, 0.15) is 15.9 Å². The van der Waals surface area contributed by atoms with Crippen LogP contribution in [-0.2, 0) is 10.0 Å². The van der Waals surface area contributed by atoms with Gasteiger partial charge in [-0.15, -0.1) is 0 Å². The highest BCUT2D eigenvalue weighted by molar-refractivity contribution is 7.92. The lowest BCUT2D eigenvalue weighted by Crippen LogP contribution is -2.16. The lowest BCUT2D eigenvalue weighted by atomic mass is 10.1. The number of benzene rings is 3. The van der Waals surface area contributed by atoms with Crippen LogP contribution < -0.4 is 14.8 Å². The van der Waals surface area contributed by atoms with E-state index < -0.39 is 10.0 Å². The van der Waals surface area contributed by atoms with Crippen molar-refractivity contribution >= 4 is 38.9 Å². The molecule has 0 aromatic heterocycles. The summed E-state index contributed by atoms with van der Waals surface area (Å²) >= 11 is 5.84. The number of halogens is 1. The van der Waals surface area contributed by atoms with E-state index in [1.54, 1.807) is 42.5 Å². The molecule has 29 heavy (non-hydrogen) atoms. The minimum Gasteiger partial charge on any atom is -0.495 e. The maximum Gasteiger partial charge on any atom is 0.265 e. The van der Waals surface area contributed by atoms with Crippen LogP contribution in [0.4, 0.5) is 11.4 Å². The molecule has 150 valence electrons. The molecule has 0 radical (unpaired) electrons. The lowest BCUT2D eigenvalue weighted by molar-refractivity contribution is 0.102. The number of rotatable bonds is 6. The van der Waals surface area contributed by atoms with E-state index in [2.05, 4.69) is 10.0 Å². The molecule has 0 aliphatic carbocycles. The second kappa shape index (κ2) is 8.55. The zero-order chi connectivity index (χ0) is 21.0. The van der Waals surface area contributed by atoms with Crippen LogP contribution in [0.15, 0.2) is 71.6 Å². The van der Waals surface area contributed by atoms with Gasteiger partial charge in [0.15, 0.2) is 0 Å². The largest absolute Gasteiger partial charge is 0.495 e. The zero-order valence-electron chi connectivity index (χ0n) is 15.8. The van der Waals surface area contributed by atoms with E-state index in [9.17, 15) is 13.2 Å². The number of anilines is 2. The van der Waals surface area contributed by atoms with Crippen LogP contribution in [0.5, 0.6) is 5.75 Å². The number of methoxy groups -OCH3 is 1. The molecule has 0 unspecified atom stereocenters. The molecule has 3 rings (SSSR count). The topological polar surface area (TPSA) is 84.5 Å². The van der Waals surface area contributed by atoms with Crippen molar-refractivity contribution in [2.24, 2.45) is 0 Å². The van der Waals surface area contributed by atoms with Crippen LogP contribution in [0.25, 0.3) is 0 Å². The van der Waals surface area contributed by atoms with Crippen molar-refractivity contribution in [1.29, 1.82) is 0 Å². The average molecular weight is 431 g/mol. The van der Waals surface area contributed by atoms with Gasteiger partial charge in [-0.2, -0.15) is 0 Å². The van der Waals surface area contributed by atoms with Gasteiger partial charge in [0.1, 0.15) is 10.6 Å². The summed E-state index contributed by atoms with van der Waals surface area (Å²) in [5.41, 5.74) is 2.18. The van der Waals surface area contributed by atoms with Gasteiger partial charge >= 0.3 is 0 Å². The fraction of sp³-hybridized carbons (Fsp3) is 0.0952. The number of carbonyl (C=O) groups is 1.